The molecule has 3 aromatic carbocycles. The maximum absolute atomic E-state index is 12.2. The Hall–Kier alpha value is -3.43. The molecular weight excluding hydrogens is 408 g/mol. The topological polar surface area (TPSA) is 136 Å². The number of amides is 1. The van der Waals surface area contributed by atoms with Crippen molar-refractivity contribution in [3.8, 4) is 5.75 Å². The van der Waals surface area contributed by atoms with E-state index in [-0.39, 0.29) is 22.8 Å². The average Bonchev–Trinajstić information content (AvgIpc) is 2.72. The van der Waals surface area contributed by atoms with Crippen LogP contribution in [0.15, 0.2) is 65.6 Å². The van der Waals surface area contributed by atoms with Crippen molar-refractivity contribution in [2.75, 3.05) is 13.2 Å². The highest BCUT2D eigenvalue weighted by atomic mass is 32.2. The normalized spacial score (nSPS) is 11.2. The molecule has 0 saturated heterocycles. The number of hydrogen-bond donors (Lipinski definition) is 3. The molecule has 0 atom stereocenters. The molecule has 3 rings (SSSR count). The molecule has 0 aliphatic heterocycles. The summed E-state index contributed by atoms with van der Waals surface area (Å²) < 4.78 is 27.4. The zero-order chi connectivity index (χ0) is 21.7. The van der Waals surface area contributed by atoms with Crippen LogP contribution in [0.1, 0.15) is 15.9 Å². The molecule has 3 aromatic rings. The van der Waals surface area contributed by atoms with E-state index >= 15 is 0 Å². The van der Waals surface area contributed by atoms with Gasteiger partial charge in [0, 0.05) is 11.9 Å². The number of phenolic OH excluding ortho intramolecular Hbond substituents is 1. The monoisotopic (exact) mass is 428 g/mol. The number of aromatic hydroxyl groups is 1. The molecule has 0 heterocycles. The van der Waals surface area contributed by atoms with Crippen LogP contribution < -0.4 is 10.5 Å². The molecule has 1 amide bonds. The average molecular weight is 428 g/mol. The van der Waals surface area contributed by atoms with Gasteiger partial charge in [-0.15, -0.1) is 0 Å². The first-order valence-corrected chi connectivity index (χ1v) is 10.6. The lowest BCUT2D eigenvalue weighted by Crippen LogP contribution is -2.30. The fourth-order valence-electron chi connectivity index (χ4n) is 2.87. The van der Waals surface area contributed by atoms with Gasteiger partial charge in [-0.3, -0.25) is 4.79 Å². The SMILES string of the molecule is NS(=O)(=O)c1ccc(CCNC(=O)COC(=O)c2ccc3ccccc3c2O)cc1. The largest absolute Gasteiger partial charge is 0.506 e. The Morgan fingerprint density at radius 3 is 2.40 bits per heavy atom. The number of sulfonamides is 1. The highest BCUT2D eigenvalue weighted by Gasteiger charge is 2.16. The van der Waals surface area contributed by atoms with E-state index in [1.165, 1.54) is 18.2 Å². The van der Waals surface area contributed by atoms with Crippen LogP contribution in [0.2, 0.25) is 0 Å². The summed E-state index contributed by atoms with van der Waals surface area (Å²) in [6.07, 6.45) is 0.454. The molecule has 4 N–H and O–H groups in total. The van der Waals surface area contributed by atoms with Gasteiger partial charge in [-0.2, -0.15) is 0 Å². The predicted octanol–water partition coefficient (Wildman–Crippen LogP) is 1.71. The molecular formula is C21H20N2O6S. The van der Waals surface area contributed by atoms with Crippen molar-refractivity contribution in [3.63, 3.8) is 0 Å². The predicted molar refractivity (Wildman–Crippen MR) is 110 cm³/mol. The Bertz CT molecular complexity index is 1190. The smallest absolute Gasteiger partial charge is 0.342 e. The number of rotatable bonds is 7. The molecule has 0 radical (unpaired) electrons. The van der Waals surface area contributed by atoms with E-state index < -0.39 is 28.5 Å². The summed E-state index contributed by atoms with van der Waals surface area (Å²) >= 11 is 0. The maximum Gasteiger partial charge on any atom is 0.342 e. The quantitative estimate of drug-likeness (QED) is 0.490. The molecule has 0 aliphatic carbocycles. The maximum atomic E-state index is 12.2. The molecule has 8 nitrogen and oxygen atoms in total. The number of phenols is 1. The third-order valence-corrected chi connectivity index (χ3v) is 5.37. The Morgan fingerprint density at radius 2 is 1.70 bits per heavy atom. The van der Waals surface area contributed by atoms with E-state index in [4.69, 9.17) is 9.88 Å². The molecule has 0 fully saturated rings. The van der Waals surface area contributed by atoms with Gasteiger partial charge in [-0.1, -0.05) is 42.5 Å². The number of esters is 1. The molecule has 9 heteroatoms. The number of nitrogens with one attached hydrogen (secondary N) is 1. The van der Waals surface area contributed by atoms with Crippen LogP contribution in [0.4, 0.5) is 0 Å². The summed E-state index contributed by atoms with van der Waals surface area (Å²) in [6.45, 7) is -0.220. The van der Waals surface area contributed by atoms with Gasteiger partial charge in [-0.05, 0) is 35.6 Å². The lowest BCUT2D eigenvalue weighted by atomic mass is 10.1. The van der Waals surface area contributed by atoms with E-state index in [1.54, 1.807) is 36.4 Å². The first-order chi connectivity index (χ1) is 14.3. The van der Waals surface area contributed by atoms with E-state index in [2.05, 4.69) is 5.32 Å². The Kier molecular flexibility index (Phi) is 6.34. The van der Waals surface area contributed by atoms with Crippen molar-refractivity contribution >= 4 is 32.7 Å². The van der Waals surface area contributed by atoms with Gasteiger partial charge in [0.05, 0.1) is 4.90 Å². The summed E-state index contributed by atoms with van der Waals surface area (Å²) in [7, 11) is -3.74. The van der Waals surface area contributed by atoms with Gasteiger partial charge in [-0.25, -0.2) is 18.4 Å². The van der Waals surface area contributed by atoms with Crippen molar-refractivity contribution in [1.29, 1.82) is 0 Å². The van der Waals surface area contributed by atoms with Gasteiger partial charge in [0.2, 0.25) is 10.0 Å². The van der Waals surface area contributed by atoms with Crippen molar-refractivity contribution in [1.82, 2.24) is 5.32 Å². The molecule has 0 bridgehead atoms. The van der Waals surface area contributed by atoms with Gasteiger partial charge >= 0.3 is 5.97 Å². The fourth-order valence-corrected chi connectivity index (χ4v) is 3.39. The summed E-state index contributed by atoms with van der Waals surface area (Å²) in [5, 5.41) is 19.2. The minimum atomic E-state index is -3.74. The second-order valence-corrected chi connectivity index (χ2v) is 8.11. The van der Waals surface area contributed by atoms with Gasteiger partial charge in [0.1, 0.15) is 11.3 Å². The molecule has 0 unspecified atom stereocenters. The van der Waals surface area contributed by atoms with E-state index in [1.807, 2.05) is 6.07 Å². The van der Waals surface area contributed by atoms with E-state index in [0.29, 0.717) is 11.8 Å². The standard InChI is InChI=1S/C21H20N2O6S/c22-30(27,28)16-8-5-14(6-9-16)11-12-23-19(24)13-29-21(26)18-10-7-15-3-1-2-4-17(15)20(18)25/h1-10,25H,11-13H2,(H,23,24)(H2,22,27,28). The zero-order valence-corrected chi connectivity index (χ0v) is 16.7. The Morgan fingerprint density at radius 1 is 1.00 bits per heavy atom. The molecule has 0 spiro atoms. The Balaban J connectivity index is 1.49. The van der Waals surface area contributed by atoms with Gasteiger partial charge in [0.25, 0.3) is 5.91 Å². The van der Waals surface area contributed by atoms with Crippen LogP contribution >= 0.6 is 0 Å². The van der Waals surface area contributed by atoms with Crippen molar-refractivity contribution in [2.24, 2.45) is 5.14 Å². The van der Waals surface area contributed by atoms with Crippen LogP contribution in [0, 0.1) is 0 Å². The highest BCUT2D eigenvalue weighted by Crippen LogP contribution is 2.28. The third kappa shape index (κ3) is 5.13. The van der Waals surface area contributed by atoms with Gasteiger partial charge < -0.3 is 15.2 Å². The van der Waals surface area contributed by atoms with E-state index in [0.717, 1.165) is 10.9 Å². The summed E-state index contributed by atoms with van der Waals surface area (Å²) in [6, 6.07) is 16.2. The number of hydrogen-bond acceptors (Lipinski definition) is 6. The van der Waals surface area contributed by atoms with Crippen LogP contribution in [-0.2, 0) is 26.0 Å². The third-order valence-electron chi connectivity index (χ3n) is 4.44. The first kappa shape index (κ1) is 21.3. The number of fused-ring (bicyclic) bond motifs is 1. The first-order valence-electron chi connectivity index (χ1n) is 9.02. The molecule has 156 valence electrons. The lowest BCUT2D eigenvalue weighted by Gasteiger charge is -2.09. The van der Waals surface area contributed by atoms with Crippen LogP contribution in [-0.4, -0.2) is 38.6 Å². The second-order valence-electron chi connectivity index (χ2n) is 6.55. The van der Waals surface area contributed by atoms with Gasteiger partial charge in [0.15, 0.2) is 6.61 Å². The van der Waals surface area contributed by atoms with Crippen molar-refractivity contribution in [2.45, 2.75) is 11.3 Å². The van der Waals surface area contributed by atoms with Crippen LogP contribution in [0.5, 0.6) is 5.75 Å². The summed E-state index contributed by atoms with van der Waals surface area (Å²) in [5.74, 6) is -1.49. The number of carbonyl (C=O) groups is 2. The summed E-state index contributed by atoms with van der Waals surface area (Å²) in [5.41, 5.74) is 0.789. The van der Waals surface area contributed by atoms with Crippen LogP contribution in [0.25, 0.3) is 10.8 Å². The Labute approximate surface area is 173 Å². The number of primary sulfonamides is 1. The highest BCUT2D eigenvalue weighted by molar-refractivity contribution is 7.89. The number of benzene rings is 3. The second kappa shape index (κ2) is 8.93. The minimum Gasteiger partial charge on any atom is -0.506 e. The number of carbonyl (C=O) groups excluding carboxylic acids is 2. The molecule has 0 saturated carbocycles. The van der Waals surface area contributed by atoms with E-state index in [9.17, 15) is 23.1 Å². The zero-order valence-electron chi connectivity index (χ0n) is 15.9. The summed E-state index contributed by atoms with van der Waals surface area (Å²) in [4.78, 5) is 24.1. The fraction of sp³-hybridized carbons (Fsp3) is 0.143. The minimum absolute atomic E-state index is 0.0131. The lowest BCUT2D eigenvalue weighted by molar-refractivity contribution is -0.124. The number of nitrogens with two attached hydrogens (primary N) is 1. The number of ether oxygens (including phenoxy) is 1. The molecule has 0 aliphatic rings. The van der Waals surface area contributed by atoms with Crippen LogP contribution in [0.3, 0.4) is 0 Å². The molecule has 0 aromatic heterocycles. The van der Waals surface area contributed by atoms with Crippen molar-refractivity contribution < 1.29 is 27.9 Å². The molecule has 30 heavy (non-hydrogen) atoms. The van der Waals surface area contributed by atoms with Crippen molar-refractivity contribution in [3.05, 3.63) is 71.8 Å².